The Morgan fingerprint density at radius 3 is 2.30 bits per heavy atom. The van der Waals surface area contributed by atoms with E-state index in [1.807, 2.05) is 0 Å². The summed E-state index contributed by atoms with van der Waals surface area (Å²) in [6.45, 7) is 5.06. The van der Waals surface area contributed by atoms with E-state index in [0.717, 1.165) is 12.3 Å². The molecule has 5 aliphatic rings. The molecular formula is C18H28N2. The van der Waals surface area contributed by atoms with Crippen molar-refractivity contribution in [3.63, 3.8) is 0 Å². The highest BCUT2D eigenvalue weighted by Gasteiger charge is 2.60. The zero-order valence-corrected chi connectivity index (χ0v) is 13.0. The molecule has 5 aliphatic carbocycles. The van der Waals surface area contributed by atoms with E-state index in [1.54, 1.807) is 0 Å². The van der Waals surface area contributed by atoms with E-state index in [4.69, 9.17) is 0 Å². The summed E-state index contributed by atoms with van der Waals surface area (Å²) in [5, 5.41) is 13.4. The number of nitrogens with one attached hydrogen (secondary N) is 1. The molecular weight excluding hydrogens is 244 g/mol. The monoisotopic (exact) mass is 272 g/mol. The van der Waals surface area contributed by atoms with Crippen LogP contribution in [-0.2, 0) is 0 Å². The maximum atomic E-state index is 9.36. The van der Waals surface area contributed by atoms with Gasteiger partial charge in [0.2, 0.25) is 0 Å². The summed E-state index contributed by atoms with van der Waals surface area (Å²) in [7, 11) is 0. The van der Waals surface area contributed by atoms with Gasteiger partial charge in [-0.3, -0.25) is 0 Å². The molecule has 0 amide bonds. The van der Waals surface area contributed by atoms with Crippen LogP contribution in [0.15, 0.2) is 0 Å². The summed E-state index contributed by atoms with van der Waals surface area (Å²) in [6.07, 6.45) is 12.0. The fraction of sp³-hybridized carbons (Fsp3) is 0.944. The Bertz CT molecular complexity index is 445. The molecule has 0 aliphatic heterocycles. The summed E-state index contributed by atoms with van der Waals surface area (Å²) < 4.78 is 0. The van der Waals surface area contributed by atoms with Crippen LogP contribution < -0.4 is 5.32 Å². The molecule has 5 fully saturated rings. The first kappa shape index (κ1) is 13.1. The Balaban J connectivity index is 1.60. The average molecular weight is 272 g/mol. The lowest BCUT2D eigenvalue weighted by Crippen LogP contribution is -2.66. The second-order valence-electron chi connectivity index (χ2n) is 9.33. The fourth-order valence-corrected chi connectivity index (χ4v) is 7.29. The summed E-state index contributed by atoms with van der Waals surface area (Å²) in [5.41, 5.74) is 1.51. The van der Waals surface area contributed by atoms with Gasteiger partial charge in [-0.25, -0.2) is 0 Å². The predicted octanol–water partition coefficient (Wildman–Crippen LogP) is 4.02. The number of hydrogen-bond acceptors (Lipinski definition) is 2. The molecule has 20 heavy (non-hydrogen) atoms. The van der Waals surface area contributed by atoms with Gasteiger partial charge >= 0.3 is 0 Å². The molecule has 4 unspecified atom stereocenters. The van der Waals surface area contributed by atoms with E-state index in [2.05, 4.69) is 25.2 Å². The summed E-state index contributed by atoms with van der Waals surface area (Å²) in [6, 6.07) is 3.03. The van der Waals surface area contributed by atoms with Gasteiger partial charge in [0.05, 0.1) is 12.0 Å². The predicted molar refractivity (Wildman–Crippen MR) is 80.0 cm³/mol. The van der Waals surface area contributed by atoms with E-state index in [1.165, 1.54) is 51.4 Å². The highest BCUT2D eigenvalue weighted by atomic mass is 15.0. The SMILES string of the molecule is CC12CC3CC(C)(C1)CC(NC1CCCC1C#N)(C3)C2. The number of nitrogens with zero attached hydrogens (tertiary/aromatic N) is 1. The Morgan fingerprint density at radius 1 is 1.00 bits per heavy atom. The van der Waals surface area contributed by atoms with Crippen LogP contribution in [0.25, 0.3) is 0 Å². The number of nitriles is 1. The van der Waals surface area contributed by atoms with Gasteiger partial charge in [0, 0.05) is 11.6 Å². The van der Waals surface area contributed by atoms with Crippen LogP contribution in [0.3, 0.4) is 0 Å². The molecule has 5 rings (SSSR count). The molecule has 1 N–H and O–H groups in total. The van der Waals surface area contributed by atoms with Crippen molar-refractivity contribution in [3.8, 4) is 6.07 Å². The molecule has 0 spiro atoms. The Morgan fingerprint density at radius 2 is 1.70 bits per heavy atom. The third kappa shape index (κ3) is 1.93. The van der Waals surface area contributed by atoms with Gasteiger partial charge in [-0.05, 0) is 68.1 Å². The largest absolute Gasteiger partial charge is 0.307 e. The minimum Gasteiger partial charge on any atom is -0.307 e. The molecule has 0 saturated heterocycles. The summed E-state index contributed by atoms with van der Waals surface area (Å²) >= 11 is 0. The molecule has 0 aromatic heterocycles. The van der Waals surface area contributed by atoms with E-state index in [-0.39, 0.29) is 5.92 Å². The van der Waals surface area contributed by atoms with Gasteiger partial charge in [-0.15, -0.1) is 0 Å². The lowest BCUT2D eigenvalue weighted by Gasteiger charge is -2.66. The lowest BCUT2D eigenvalue weighted by atomic mass is 9.42. The second-order valence-corrected chi connectivity index (χ2v) is 9.33. The van der Waals surface area contributed by atoms with Crippen LogP contribution in [0, 0.1) is 34.0 Å². The van der Waals surface area contributed by atoms with E-state index < -0.39 is 0 Å². The second kappa shape index (κ2) is 4.01. The minimum atomic E-state index is 0.267. The maximum absolute atomic E-state index is 9.36. The Kier molecular flexibility index (Phi) is 2.63. The first-order chi connectivity index (χ1) is 9.43. The molecule has 4 atom stereocenters. The van der Waals surface area contributed by atoms with Crippen molar-refractivity contribution in [2.24, 2.45) is 22.7 Å². The normalized spacial score (nSPS) is 57.0. The van der Waals surface area contributed by atoms with Crippen molar-refractivity contribution in [1.82, 2.24) is 5.32 Å². The van der Waals surface area contributed by atoms with Gasteiger partial charge in [0.1, 0.15) is 0 Å². The van der Waals surface area contributed by atoms with Crippen LogP contribution in [0.4, 0.5) is 0 Å². The van der Waals surface area contributed by atoms with Crippen molar-refractivity contribution in [2.75, 3.05) is 0 Å². The van der Waals surface area contributed by atoms with Crippen LogP contribution in [0.1, 0.15) is 71.6 Å². The van der Waals surface area contributed by atoms with Crippen LogP contribution in [0.5, 0.6) is 0 Å². The van der Waals surface area contributed by atoms with Gasteiger partial charge in [0.25, 0.3) is 0 Å². The van der Waals surface area contributed by atoms with Gasteiger partial charge < -0.3 is 5.32 Å². The smallest absolute Gasteiger partial charge is 0.0672 e. The number of rotatable bonds is 2. The Labute approximate surface area is 123 Å². The van der Waals surface area contributed by atoms with Crippen molar-refractivity contribution < 1.29 is 0 Å². The molecule has 0 heterocycles. The van der Waals surface area contributed by atoms with Crippen LogP contribution >= 0.6 is 0 Å². The molecule has 4 bridgehead atoms. The van der Waals surface area contributed by atoms with Crippen LogP contribution in [0.2, 0.25) is 0 Å². The molecule has 0 aromatic rings. The highest BCUT2D eigenvalue weighted by Crippen LogP contribution is 2.66. The van der Waals surface area contributed by atoms with Crippen molar-refractivity contribution in [1.29, 1.82) is 5.26 Å². The van der Waals surface area contributed by atoms with E-state index >= 15 is 0 Å². The lowest BCUT2D eigenvalue weighted by molar-refractivity contribution is -0.121. The first-order valence-electron chi connectivity index (χ1n) is 8.61. The minimum absolute atomic E-state index is 0.267. The third-order valence-corrected chi connectivity index (χ3v) is 6.80. The quantitative estimate of drug-likeness (QED) is 0.824. The average Bonchev–Trinajstić information content (AvgIpc) is 2.70. The molecule has 5 saturated carbocycles. The molecule has 2 nitrogen and oxygen atoms in total. The highest BCUT2D eigenvalue weighted by molar-refractivity contribution is 5.15. The molecule has 0 aromatic carbocycles. The summed E-state index contributed by atoms with van der Waals surface area (Å²) in [5.74, 6) is 1.21. The first-order valence-corrected chi connectivity index (χ1v) is 8.61. The maximum Gasteiger partial charge on any atom is 0.0672 e. The topological polar surface area (TPSA) is 35.8 Å². The van der Waals surface area contributed by atoms with Crippen LogP contribution in [-0.4, -0.2) is 11.6 Å². The molecule has 2 heteroatoms. The van der Waals surface area contributed by atoms with Gasteiger partial charge in [-0.2, -0.15) is 5.26 Å². The summed E-state index contributed by atoms with van der Waals surface area (Å²) in [4.78, 5) is 0. The third-order valence-electron chi connectivity index (χ3n) is 6.80. The van der Waals surface area contributed by atoms with E-state index in [9.17, 15) is 5.26 Å². The van der Waals surface area contributed by atoms with Gasteiger partial charge in [0.15, 0.2) is 0 Å². The zero-order chi connectivity index (χ0) is 14.0. The van der Waals surface area contributed by atoms with Crippen molar-refractivity contribution >= 4 is 0 Å². The molecule has 0 radical (unpaired) electrons. The Hall–Kier alpha value is -0.550. The van der Waals surface area contributed by atoms with Crippen molar-refractivity contribution in [2.45, 2.75) is 83.2 Å². The fourth-order valence-electron chi connectivity index (χ4n) is 7.29. The standard InChI is InChI=1S/C18H28N2/c1-16-6-13-7-17(2,10-16)12-18(8-13,11-16)20-15-5-3-4-14(15)9-19/h13-15,20H,3-8,10-12H2,1-2H3. The molecule has 110 valence electrons. The number of hydrogen-bond donors (Lipinski definition) is 1. The van der Waals surface area contributed by atoms with E-state index in [0.29, 0.717) is 22.4 Å². The van der Waals surface area contributed by atoms with Crippen molar-refractivity contribution in [3.05, 3.63) is 0 Å². The van der Waals surface area contributed by atoms with Gasteiger partial charge in [-0.1, -0.05) is 20.3 Å². The zero-order valence-electron chi connectivity index (χ0n) is 13.0.